The molecule has 5 rings (SSSR count). The van der Waals surface area contributed by atoms with E-state index < -0.39 is 0 Å². The van der Waals surface area contributed by atoms with E-state index in [4.69, 9.17) is 11.1 Å². The summed E-state index contributed by atoms with van der Waals surface area (Å²) < 4.78 is 0. The van der Waals surface area contributed by atoms with Crippen molar-refractivity contribution in [1.29, 1.82) is 5.41 Å². The molecule has 1 heterocycles. The number of carbonyl (C=O) groups is 1. The molecule has 0 spiro atoms. The molecule has 0 saturated carbocycles. The van der Waals surface area contributed by atoms with E-state index in [0.717, 1.165) is 18.5 Å². The monoisotopic (exact) mass is 463 g/mol. The number of hydrogen-bond donors (Lipinski definition) is 5. The third-order valence-electron chi connectivity index (χ3n) is 6.00. The fourth-order valence-corrected chi connectivity index (χ4v) is 4.21. The largest absolute Gasteiger partial charge is 0.382 e. The Kier molecular flexibility index (Phi) is 6.09. The number of fused-ring (bicyclic) bond motifs is 1. The van der Waals surface area contributed by atoms with Crippen molar-refractivity contribution in [3.63, 3.8) is 0 Å². The van der Waals surface area contributed by atoms with Gasteiger partial charge in [-0.15, -0.1) is 0 Å². The van der Waals surface area contributed by atoms with Gasteiger partial charge in [0.25, 0.3) is 5.91 Å². The number of carbonyl (C=O) groups excluding carboxylic acids is 1. The summed E-state index contributed by atoms with van der Waals surface area (Å²) in [6.07, 6.45) is 3.40. The number of hydrogen-bond acceptors (Lipinski definition) is 6. The third-order valence-corrected chi connectivity index (χ3v) is 6.00. The topological polar surface area (TPSA) is 129 Å². The van der Waals surface area contributed by atoms with Crippen molar-refractivity contribution < 1.29 is 4.79 Å². The van der Waals surface area contributed by atoms with Crippen LogP contribution in [0.2, 0.25) is 0 Å². The van der Waals surface area contributed by atoms with Crippen LogP contribution in [0.3, 0.4) is 0 Å². The molecule has 174 valence electrons. The van der Waals surface area contributed by atoms with Gasteiger partial charge < -0.3 is 11.1 Å². The molecule has 4 aromatic rings. The SMILES string of the molecule is N=C(NNc1ccccc1)c1nc(-c2cccc(C(=O)N[C@H]3CCc4ccccc43)c2)cnc1N. The summed E-state index contributed by atoms with van der Waals surface area (Å²) in [7, 11) is 0. The van der Waals surface area contributed by atoms with Crippen molar-refractivity contribution in [3.05, 3.63) is 107 Å². The number of rotatable bonds is 6. The van der Waals surface area contributed by atoms with Gasteiger partial charge in [0.15, 0.2) is 11.7 Å². The standard InChI is InChI=1S/C27H25N7O/c28-25-24(26(29)34-33-20-10-2-1-3-11-20)31-23(16-30-25)18-8-6-9-19(15-18)27(35)32-22-14-13-17-7-4-5-12-21(17)22/h1-12,15-16,22,33H,13-14H2,(H2,28,30)(H2,29,34)(H,32,35)/t22-/m0/s1. The van der Waals surface area contributed by atoms with Crippen LogP contribution in [0.25, 0.3) is 11.3 Å². The molecular weight excluding hydrogens is 438 g/mol. The number of amidine groups is 1. The van der Waals surface area contributed by atoms with E-state index >= 15 is 0 Å². The Morgan fingerprint density at radius 3 is 2.66 bits per heavy atom. The number of nitrogens with one attached hydrogen (secondary N) is 4. The number of para-hydroxylation sites is 1. The van der Waals surface area contributed by atoms with Gasteiger partial charge in [0.2, 0.25) is 0 Å². The van der Waals surface area contributed by atoms with E-state index in [0.29, 0.717) is 16.8 Å². The lowest BCUT2D eigenvalue weighted by molar-refractivity contribution is 0.0936. The quantitative estimate of drug-likeness (QED) is 0.166. The van der Waals surface area contributed by atoms with Crippen LogP contribution in [0.1, 0.15) is 39.6 Å². The minimum Gasteiger partial charge on any atom is -0.382 e. The van der Waals surface area contributed by atoms with E-state index in [2.05, 4.69) is 38.3 Å². The van der Waals surface area contributed by atoms with Crippen LogP contribution in [0, 0.1) is 5.41 Å². The van der Waals surface area contributed by atoms with E-state index in [1.807, 2.05) is 54.6 Å². The molecule has 3 aromatic carbocycles. The van der Waals surface area contributed by atoms with Crippen LogP contribution in [0.4, 0.5) is 11.5 Å². The van der Waals surface area contributed by atoms with Gasteiger partial charge in [-0.25, -0.2) is 9.97 Å². The normalized spacial score (nSPS) is 14.1. The van der Waals surface area contributed by atoms with Gasteiger partial charge in [-0.1, -0.05) is 54.6 Å². The Morgan fingerprint density at radius 1 is 1.00 bits per heavy atom. The lowest BCUT2D eigenvalue weighted by Gasteiger charge is -2.15. The van der Waals surface area contributed by atoms with Gasteiger partial charge in [0, 0.05) is 11.1 Å². The smallest absolute Gasteiger partial charge is 0.251 e. The molecule has 8 nitrogen and oxygen atoms in total. The Morgan fingerprint density at radius 2 is 1.80 bits per heavy atom. The van der Waals surface area contributed by atoms with Gasteiger partial charge in [0.05, 0.1) is 23.6 Å². The Bertz CT molecular complexity index is 1390. The number of amides is 1. The van der Waals surface area contributed by atoms with E-state index in [1.165, 1.54) is 11.1 Å². The maximum atomic E-state index is 13.0. The molecule has 0 bridgehead atoms. The van der Waals surface area contributed by atoms with E-state index in [1.54, 1.807) is 18.3 Å². The summed E-state index contributed by atoms with van der Waals surface area (Å²) in [6.45, 7) is 0. The van der Waals surface area contributed by atoms with Crippen LogP contribution in [0.5, 0.6) is 0 Å². The van der Waals surface area contributed by atoms with Gasteiger partial charge >= 0.3 is 0 Å². The average Bonchev–Trinajstić information content (AvgIpc) is 3.31. The molecule has 0 unspecified atom stereocenters. The molecular formula is C27H25N7O. The molecule has 8 heteroatoms. The molecule has 0 fully saturated rings. The van der Waals surface area contributed by atoms with Crippen LogP contribution in [0.15, 0.2) is 85.1 Å². The highest BCUT2D eigenvalue weighted by Crippen LogP contribution is 2.31. The van der Waals surface area contributed by atoms with Gasteiger partial charge in [-0.2, -0.15) is 0 Å². The molecule has 1 atom stereocenters. The van der Waals surface area contributed by atoms with Crippen LogP contribution in [-0.2, 0) is 6.42 Å². The molecule has 1 amide bonds. The Labute approximate surface area is 203 Å². The zero-order valence-electron chi connectivity index (χ0n) is 19.0. The van der Waals surface area contributed by atoms with Crippen LogP contribution < -0.4 is 21.9 Å². The first-order valence-electron chi connectivity index (χ1n) is 11.4. The van der Waals surface area contributed by atoms with Crippen molar-refractivity contribution in [1.82, 2.24) is 20.7 Å². The second kappa shape index (κ2) is 9.64. The lowest BCUT2D eigenvalue weighted by atomic mass is 10.1. The Hall–Kier alpha value is -4.72. The number of nitrogens with two attached hydrogens (primary N) is 1. The number of anilines is 2. The summed E-state index contributed by atoms with van der Waals surface area (Å²) in [5.74, 6) is -0.0249. The molecule has 0 radical (unpaired) electrons. The number of benzene rings is 3. The summed E-state index contributed by atoms with van der Waals surface area (Å²) in [4.78, 5) is 21.8. The number of nitrogen functional groups attached to an aromatic ring is 1. The maximum Gasteiger partial charge on any atom is 0.251 e. The van der Waals surface area contributed by atoms with Crippen LogP contribution >= 0.6 is 0 Å². The van der Waals surface area contributed by atoms with Crippen LogP contribution in [-0.4, -0.2) is 21.7 Å². The van der Waals surface area contributed by atoms with Crippen molar-refractivity contribution >= 4 is 23.2 Å². The van der Waals surface area contributed by atoms with Gasteiger partial charge in [0.1, 0.15) is 5.69 Å². The third kappa shape index (κ3) is 4.81. The lowest BCUT2D eigenvalue weighted by Crippen LogP contribution is -2.31. The van der Waals surface area contributed by atoms with Crippen molar-refractivity contribution in [2.75, 3.05) is 11.2 Å². The maximum absolute atomic E-state index is 13.0. The van der Waals surface area contributed by atoms with Crippen molar-refractivity contribution in [2.45, 2.75) is 18.9 Å². The van der Waals surface area contributed by atoms with Crippen molar-refractivity contribution in [2.24, 2.45) is 0 Å². The number of aryl methyl sites for hydroxylation is 1. The second-order valence-corrected chi connectivity index (χ2v) is 8.32. The molecule has 1 aromatic heterocycles. The van der Waals surface area contributed by atoms with Gasteiger partial charge in [-0.05, 0) is 48.2 Å². The zero-order chi connectivity index (χ0) is 24.2. The fourth-order valence-electron chi connectivity index (χ4n) is 4.21. The summed E-state index contributed by atoms with van der Waals surface area (Å²) in [5, 5.41) is 11.5. The van der Waals surface area contributed by atoms with Crippen molar-refractivity contribution in [3.8, 4) is 11.3 Å². The first-order valence-corrected chi connectivity index (χ1v) is 11.4. The number of hydrazine groups is 1. The highest BCUT2D eigenvalue weighted by molar-refractivity contribution is 5.99. The predicted octanol–water partition coefficient (Wildman–Crippen LogP) is 4.09. The highest BCUT2D eigenvalue weighted by atomic mass is 16.1. The second-order valence-electron chi connectivity index (χ2n) is 8.32. The van der Waals surface area contributed by atoms with E-state index in [-0.39, 0.29) is 29.3 Å². The molecule has 6 N–H and O–H groups in total. The number of nitrogens with zero attached hydrogens (tertiary/aromatic N) is 2. The average molecular weight is 464 g/mol. The van der Waals surface area contributed by atoms with E-state index in [9.17, 15) is 4.79 Å². The predicted molar refractivity (Wildman–Crippen MR) is 137 cm³/mol. The first-order chi connectivity index (χ1) is 17.1. The summed E-state index contributed by atoms with van der Waals surface area (Å²) in [6, 6.07) is 24.9. The number of aromatic nitrogens is 2. The molecule has 35 heavy (non-hydrogen) atoms. The minimum absolute atomic E-state index is 0.00827. The van der Waals surface area contributed by atoms with Gasteiger partial charge in [-0.3, -0.25) is 21.1 Å². The zero-order valence-corrected chi connectivity index (χ0v) is 19.0. The summed E-state index contributed by atoms with van der Waals surface area (Å²) >= 11 is 0. The minimum atomic E-state index is -0.140. The molecule has 1 aliphatic rings. The fraction of sp³-hybridized carbons (Fsp3) is 0.111. The molecule has 0 aliphatic heterocycles. The Balaban J connectivity index is 1.32. The first kappa shape index (κ1) is 22.1. The summed E-state index contributed by atoms with van der Waals surface area (Å²) in [5.41, 5.74) is 17.0. The molecule has 0 saturated heterocycles. The highest BCUT2D eigenvalue weighted by Gasteiger charge is 2.24. The molecule has 1 aliphatic carbocycles.